The Hall–Kier alpha value is -3.39. The molecule has 126 valence electrons. The third-order valence-electron chi connectivity index (χ3n) is 3.71. The molecule has 0 aromatic heterocycles. The number of amides is 1. The Morgan fingerprint density at radius 1 is 1.12 bits per heavy atom. The number of nitriles is 1. The van der Waals surface area contributed by atoms with Gasteiger partial charge in [0.1, 0.15) is 11.6 Å². The quantitative estimate of drug-likeness (QED) is 0.482. The van der Waals surface area contributed by atoms with E-state index in [0.717, 1.165) is 11.1 Å². The van der Waals surface area contributed by atoms with Crippen molar-refractivity contribution in [2.24, 2.45) is 0 Å². The summed E-state index contributed by atoms with van der Waals surface area (Å²) in [4.78, 5) is 23.4. The van der Waals surface area contributed by atoms with Gasteiger partial charge in [0, 0.05) is 24.0 Å². The average Bonchev–Trinajstić information content (AvgIpc) is 2.60. The van der Waals surface area contributed by atoms with Gasteiger partial charge in [-0.1, -0.05) is 24.3 Å². The highest BCUT2D eigenvalue weighted by atomic mass is 16.1. The Labute approximate surface area is 147 Å². The number of hydrogen-bond acceptors (Lipinski definition) is 4. The summed E-state index contributed by atoms with van der Waals surface area (Å²) in [5.74, 6) is -0.550. The zero-order valence-electron chi connectivity index (χ0n) is 14.2. The van der Waals surface area contributed by atoms with E-state index in [1.807, 2.05) is 37.3 Å². The lowest BCUT2D eigenvalue weighted by Gasteiger charge is -2.07. The van der Waals surface area contributed by atoms with Gasteiger partial charge in [-0.2, -0.15) is 5.26 Å². The predicted molar refractivity (Wildman–Crippen MR) is 96.8 cm³/mol. The maximum Gasteiger partial charge on any atom is 0.267 e. The molecule has 0 radical (unpaired) electrons. The van der Waals surface area contributed by atoms with Crippen molar-refractivity contribution >= 4 is 17.4 Å². The van der Waals surface area contributed by atoms with E-state index in [2.05, 4.69) is 10.6 Å². The van der Waals surface area contributed by atoms with Crippen LogP contribution in [0.4, 0.5) is 5.69 Å². The molecule has 0 aliphatic heterocycles. The summed E-state index contributed by atoms with van der Waals surface area (Å²) in [6.07, 6.45) is 1.41. The number of anilines is 1. The first-order valence-corrected chi connectivity index (χ1v) is 7.82. The maximum absolute atomic E-state index is 12.2. The fourth-order valence-corrected chi connectivity index (χ4v) is 2.21. The highest BCUT2D eigenvalue weighted by Crippen LogP contribution is 2.11. The molecule has 0 unspecified atom stereocenters. The average molecular weight is 333 g/mol. The standard InChI is InChI=1S/C20H19N3O2/c1-14-5-3-4-6-17(14)12-22-13-18(11-21)20(25)23-19-9-7-16(8-10-19)15(2)24/h3-10,13,22H,12H2,1-2H3,(H,23,25)/b18-13-. The van der Waals surface area contributed by atoms with Gasteiger partial charge < -0.3 is 10.6 Å². The van der Waals surface area contributed by atoms with Crippen LogP contribution in [0.15, 0.2) is 60.3 Å². The Balaban J connectivity index is 1.99. The second-order valence-corrected chi connectivity index (χ2v) is 5.56. The van der Waals surface area contributed by atoms with Crippen LogP contribution in [0.2, 0.25) is 0 Å². The highest BCUT2D eigenvalue weighted by Gasteiger charge is 2.09. The van der Waals surface area contributed by atoms with Gasteiger partial charge in [-0.15, -0.1) is 0 Å². The Morgan fingerprint density at radius 3 is 2.40 bits per heavy atom. The number of hydrogen-bond donors (Lipinski definition) is 2. The minimum atomic E-state index is -0.504. The SMILES string of the molecule is CC(=O)c1ccc(NC(=O)/C(C#N)=C\NCc2ccccc2C)cc1. The molecular weight excluding hydrogens is 314 g/mol. The minimum Gasteiger partial charge on any atom is -0.386 e. The summed E-state index contributed by atoms with van der Waals surface area (Å²) in [6, 6.07) is 16.3. The van der Waals surface area contributed by atoms with Gasteiger partial charge in [0.25, 0.3) is 5.91 Å². The number of carbonyl (C=O) groups excluding carboxylic acids is 2. The molecular formula is C20H19N3O2. The number of nitrogens with zero attached hydrogens (tertiary/aromatic N) is 1. The van der Waals surface area contributed by atoms with E-state index in [0.29, 0.717) is 17.8 Å². The fourth-order valence-electron chi connectivity index (χ4n) is 2.21. The molecule has 2 aromatic carbocycles. The molecule has 2 aromatic rings. The second kappa shape index (κ2) is 8.46. The van der Waals surface area contributed by atoms with Crippen molar-refractivity contribution < 1.29 is 9.59 Å². The van der Waals surface area contributed by atoms with Crippen LogP contribution >= 0.6 is 0 Å². The van der Waals surface area contributed by atoms with Crippen LogP contribution in [0.1, 0.15) is 28.4 Å². The summed E-state index contributed by atoms with van der Waals surface area (Å²) in [7, 11) is 0. The van der Waals surface area contributed by atoms with Crippen molar-refractivity contribution in [2.75, 3.05) is 5.32 Å². The summed E-state index contributed by atoms with van der Waals surface area (Å²) in [5, 5.41) is 14.8. The zero-order chi connectivity index (χ0) is 18.2. The third-order valence-corrected chi connectivity index (χ3v) is 3.71. The van der Waals surface area contributed by atoms with Gasteiger partial charge in [0.15, 0.2) is 5.78 Å². The Kier molecular flexibility index (Phi) is 6.08. The monoisotopic (exact) mass is 333 g/mol. The number of Topliss-reactive ketones (excluding diaryl/α,β-unsaturated/α-hetero) is 1. The molecule has 0 fully saturated rings. The van der Waals surface area contributed by atoms with E-state index >= 15 is 0 Å². The van der Waals surface area contributed by atoms with Crippen molar-refractivity contribution in [3.05, 3.63) is 77.0 Å². The van der Waals surface area contributed by atoms with E-state index in [-0.39, 0.29) is 11.4 Å². The third kappa shape index (κ3) is 5.05. The Bertz CT molecular complexity index is 846. The highest BCUT2D eigenvalue weighted by molar-refractivity contribution is 6.06. The molecule has 0 bridgehead atoms. The number of aryl methyl sites for hydroxylation is 1. The molecule has 1 amide bonds. The first-order chi connectivity index (χ1) is 12.0. The molecule has 5 heteroatoms. The number of ketones is 1. The smallest absolute Gasteiger partial charge is 0.267 e. The van der Waals surface area contributed by atoms with Crippen molar-refractivity contribution in [3.63, 3.8) is 0 Å². The van der Waals surface area contributed by atoms with E-state index in [4.69, 9.17) is 0 Å². The lowest BCUT2D eigenvalue weighted by molar-refractivity contribution is -0.112. The van der Waals surface area contributed by atoms with Gasteiger partial charge in [0.2, 0.25) is 0 Å². The van der Waals surface area contributed by atoms with Gasteiger partial charge in [0.05, 0.1) is 0 Å². The zero-order valence-corrected chi connectivity index (χ0v) is 14.2. The van der Waals surface area contributed by atoms with E-state index in [1.165, 1.54) is 13.1 Å². The Morgan fingerprint density at radius 2 is 1.80 bits per heavy atom. The second-order valence-electron chi connectivity index (χ2n) is 5.56. The van der Waals surface area contributed by atoms with Gasteiger partial charge in [-0.05, 0) is 49.2 Å². The first-order valence-electron chi connectivity index (χ1n) is 7.82. The summed E-state index contributed by atoms with van der Waals surface area (Å²) >= 11 is 0. The molecule has 0 spiro atoms. The molecule has 25 heavy (non-hydrogen) atoms. The molecule has 0 heterocycles. The van der Waals surface area contributed by atoms with Gasteiger partial charge >= 0.3 is 0 Å². The van der Waals surface area contributed by atoms with Crippen LogP contribution in [0.5, 0.6) is 0 Å². The van der Waals surface area contributed by atoms with Crippen LogP contribution in [0.25, 0.3) is 0 Å². The molecule has 0 aliphatic rings. The van der Waals surface area contributed by atoms with Gasteiger partial charge in [-0.3, -0.25) is 9.59 Å². The molecule has 2 rings (SSSR count). The molecule has 0 atom stereocenters. The van der Waals surface area contributed by atoms with E-state index in [9.17, 15) is 14.9 Å². The molecule has 0 saturated carbocycles. The number of rotatable bonds is 6. The van der Waals surface area contributed by atoms with Crippen molar-refractivity contribution in [1.82, 2.24) is 5.32 Å². The largest absolute Gasteiger partial charge is 0.386 e. The van der Waals surface area contributed by atoms with Crippen molar-refractivity contribution in [2.45, 2.75) is 20.4 Å². The summed E-state index contributed by atoms with van der Waals surface area (Å²) in [5.41, 5.74) is 3.29. The number of nitrogens with one attached hydrogen (secondary N) is 2. The predicted octanol–water partition coefficient (Wildman–Crippen LogP) is 3.33. The fraction of sp³-hybridized carbons (Fsp3) is 0.150. The van der Waals surface area contributed by atoms with Crippen molar-refractivity contribution in [3.8, 4) is 6.07 Å². The van der Waals surface area contributed by atoms with Crippen LogP contribution < -0.4 is 10.6 Å². The van der Waals surface area contributed by atoms with Crippen molar-refractivity contribution in [1.29, 1.82) is 5.26 Å². The number of carbonyl (C=O) groups is 2. The lowest BCUT2D eigenvalue weighted by atomic mass is 10.1. The van der Waals surface area contributed by atoms with Crippen LogP contribution in [-0.2, 0) is 11.3 Å². The molecule has 0 aliphatic carbocycles. The summed E-state index contributed by atoms with van der Waals surface area (Å²) < 4.78 is 0. The molecule has 5 nitrogen and oxygen atoms in total. The normalized spacial score (nSPS) is 10.7. The first kappa shape index (κ1) is 18.0. The lowest BCUT2D eigenvalue weighted by Crippen LogP contribution is -2.16. The minimum absolute atomic E-state index is 0.0239. The van der Waals surface area contributed by atoms with Crippen LogP contribution in [0.3, 0.4) is 0 Å². The van der Waals surface area contributed by atoms with E-state index < -0.39 is 5.91 Å². The molecule has 0 saturated heterocycles. The van der Waals surface area contributed by atoms with Crippen LogP contribution in [-0.4, -0.2) is 11.7 Å². The van der Waals surface area contributed by atoms with Gasteiger partial charge in [-0.25, -0.2) is 0 Å². The summed E-state index contributed by atoms with van der Waals surface area (Å²) in [6.45, 7) is 4.01. The van der Waals surface area contributed by atoms with Crippen LogP contribution in [0, 0.1) is 18.3 Å². The maximum atomic E-state index is 12.2. The van der Waals surface area contributed by atoms with E-state index in [1.54, 1.807) is 24.3 Å². The molecule has 2 N–H and O–H groups in total. The topological polar surface area (TPSA) is 82.0 Å². The number of benzene rings is 2.